The third-order valence-electron chi connectivity index (χ3n) is 4.67. The molecule has 0 aliphatic rings. The van der Waals surface area contributed by atoms with E-state index in [0.29, 0.717) is 44.4 Å². The molecule has 9 nitrogen and oxygen atoms in total. The summed E-state index contributed by atoms with van der Waals surface area (Å²) in [6, 6.07) is 12.5. The molecule has 0 saturated heterocycles. The van der Waals surface area contributed by atoms with Crippen molar-refractivity contribution in [2.45, 2.75) is 13.5 Å². The second kappa shape index (κ2) is 10.2. The second-order valence-corrected chi connectivity index (χ2v) is 8.33. The van der Waals surface area contributed by atoms with Crippen molar-refractivity contribution in [1.82, 2.24) is 20.2 Å². The smallest absolute Gasteiger partial charge is 0.296 e. The van der Waals surface area contributed by atoms with Gasteiger partial charge < -0.3 is 9.47 Å². The van der Waals surface area contributed by atoms with Crippen molar-refractivity contribution in [3.8, 4) is 28.1 Å². The Balaban J connectivity index is 1.55. The molecule has 11 heteroatoms. The summed E-state index contributed by atoms with van der Waals surface area (Å²) in [5.74, 6) is -0.0546. The molecule has 0 unspecified atom stereocenters. The maximum absolute atomic E-state index is 13.1. The normalized spacial score (nSPS) is 10.4. The number of amides is 1. The van der Waals surface area contributed by atoms with Crippen LogP contribution in [0.2, 0.25) is 5.02 Å². The van der Waals surface area contributed by atoms with Crippen LogP contribution in [0.3, 0.4) is 0 Å². The number of ether oxygens (including phenoxy) is 2. The van der Waals surface area contributed by atoms with Crippen LogP contribution in [0.25, 0.3) is 11.1 Å². The van der Waals surface area contributed by atoms with Crippen molar-refractivity contribution in [3.63, 3.8) is 0 Å². The third-order valence-corrected chi connectivity index (χ3v) is 5.65. The lowest BCUT2D eigenvalue weighted by molar-refractivity contribution is 0.102. The summed E-state index contributed by atoms with van der Waals surface area (Å²) in [7, 11) is 1.48. The van der Waals surface area contributed by atoms with Crippen LogP contribution in [0.5, 0.6) is 10.9 Å². The van der Waals surface area contributed by atoms with Gasteiger partial charge in [-0.3, -0.25) is 20.1 Å². The molecule has 0 aliphatic carbocycles. The molecule has 0 aliphatic heterocycles. The minimum atomic E-state index is -0.436. The lowest BCUT2D eigenvalue weighted by atomic mass is 9.97. The summed E-state index contributed by atoms with van der Waals surface area (Å²) in [5.41, 5.74) is 3.22. The highest BCUT2D eigenvalue weighted by Gasteiger charge is 2.20. The van der Waals surface area contributed by atoms with Crippen LogP contribution in [0, 0.1) is 18.3 Å². The monoisotopic (exact) mass is 492 g/mol. The number of hydrogen-bond donors (Lipinski definition) is 1. The van der Waals surface area contributed by atoms with Crippen molar-refractivity contribution in [3.05, 3.63) is 76.3 Å². The number of anilines is 1. The summed E-state index contributed by atoms with van der Waals surface area (Å²) in [4.78, 5) is 21.5. The van der Waals surface area contributed by atoms with Gasteiger partial charge in [-0.2, -0.15) is 5.26 Å². The van der Waals surface area contributed by atoms with Gasteiger partial charge in [0.25, 0.3) is 11.1 Å². The highest BCUT2D eigenvalue weighted by molar-refractivity contribution is 7.17. The number of carbonyl (C=O) groups is 1. The first kappa shape index (κ1) is 23.1. The highest BCUT2D eigenvalue weighted by Crippen LogP contribution is 2.35. The lowest BCUT2D eigenvalue weighted by Crippen LogP contribution is -2.14. The van der Waals surface area contributed by atoms with Crippen LogP contribution in [-0.2, 0) is 6.61 Å². The molecule has 1 amide bonds. The first-order valence-corrected chi connectivity index (χ1v) is 11.1. The summed E-state index contributed by atoms with van der Waals surface area (Å²) in [5, 5.41) is 21.1. The lowest BCUT2D eigenvalue weighted by Gasteiger charge is -2.14. The van der Waals surface area contributed by atoms with Crippen molar-refractivity contribution in [1.29, 1.82) is 5.26 Å². The van der Waals surface area contributed by atoms with E-state index in [2.05, 4.69) is 31.6 Å². The Bertz CT molecular complexity index is 1380. The molecular weight excluding hydrogens is 476 g/mol. The third kappa shape index (κ3) is 5.11. The Kier molecular flexibility index (Phi) is 6.96. The van der Waals surface area contributed by atoms with Crippen molar-refractivity contribution < 1.29 is 14.3 Å². The van der Waals surface area contributed by atoms with E-state index in [9.17, 15) is 10.1 Å². The van der Waals surface area contributed by atoms with Gasteiger partial charge in [0.05, 0.1) is 29.0 Å². The quantitative estimate of drug-likeness (QED) is 0.395. The molecule has 0 radical (unpaired) electrons. The topological polar surface area (TPSA) is 123 Å². The summed E-state index contributed by atoms with van der Waals surface area (Å²) < 4.78 is 11.1. The zero-order valence-corrected chi connectivity index (χ0v) is 19.6. The Morgan fingerprint density at radius 1 is 1.18 bits per heavy atom. The van der Waals surface area contributed by atoms with Crippen molar-refractivity contribution >= 4 is 34.0 Å². The van der Waals surface area contributed by atoms with Gasteiger partial charge in [-0.05, 0) is 42.5 Å². The van der Waals surface area contributed by atoms with Gasteiger partial charge in [0.2, 0.25) is 5.13 Å². The zero-order chi connectivity index (χ0) is 24.1. The van der Waals surface area contributed by atoms with E-state index in [1.807, 2.05) is 6.92 Å². The molecule has 0 fully saturated rings. The van der Waals surface area contributed by atoms with Crippen LogP contribution < -0.4 is 14.8 Å². The van der Waals surface area contributed by atoms with E-state index < -0.39 is 5.91 Å². The summed E-state index contributed by atoms with van der Waals surface area (Å²) in [6.07, 6.45) is 3.00. The molecule has 4 aromatic rings. The van der Waals surface area contributed by atoms with Gasteiger partial charge in [-0.25, -0.2) is 0 Å². The number of para-hydroxylation sites is 1. The average Bonchev–Trinajstić information content (AvgIpc) is 3.30. The fourth-order valence-corrected chi connectivity index (χ4v) is 3.83. The number of carbonyl (C=O) groups excluding carboxylic acids is 1. The number of methoxy groups -OCH3 is 1. The van der Waals surface area contributed by atoms with Gasteiger partial charge >= 0.3 is 0 Å². The molecule has 0 bridgehead atoms. The van der Waals surface area contributed by atoms with Gasteiger partial charge in [0.15, 0.2) is 0 Å². The van der Waals surface area contributed by atoms with Gasteiger partial charge in [-0.15, -0.1) is 5.10 Å². The fraction of sp³-hybridized carbons (Fsp3) is 0.130. The molecule has 1 N–H and O–H groups in total. The summed E-state index contributed by atoms with van der Waals surface area (Å²) >= 11 is 6.91. The van der Waals surface area contributed by atoms with E-state index in [1.165, 1.54) is 19.5 Å². The van der Waals surface area contributed by atoms with E-state index in [0.717, 1.165) is 11.3 Å². The number of rotatable bonds is 7. The number of hydrogen-bond acceptors (Lipinski definition) is 9. The molecular formula is C23H17ClN6O3S. The number of nitrogens with one attached hydrogen (secondary N) is 1. The molecule has 0 atom stereocenters. The Morgan fingerprint density at radius 3 is 2.76 bits per heavy atom. The predicted molar refractivity (Wildman–Crippen MR) is 127 cm³/mol. The molecule has 3 heterocycles. The maximum Gasteiger partial charge on any atom is 0.296 e. The average molecular weight is 493 g/mol. The Hall–Kier alpha value is -4.07. The minimum Gasteiger partial charge on any atom is -0.495 e. The standard InChI is InChI=1S/C23H17ClN6O3S/c1-13-8-18(17-5-3-4-14(9-25)20(17)32-2)19(11-26-13)21(31)28-22-29-30-23(34-22)33-12-16-7-6-15(24)10-27-16/h3-8,10-11H,12H2,1-2H3,(H,28,29,31). The van der Waals surface area contributed by atoms with E-state index >= 15 is 0 Å². The first-order chi connectivity index (χ1) is 16.5. The van der Waals surface area contributed by atoms with Crippen molar-refractivity contribution in [2.24, 2.45) is 0 Å². The second-order valence-electron chi connectivity index (χ2n) is 6.95. The Morgan fingerprint density at radius 2 is 2.03 bits per heavy atom. The highest BCUT2D eigenvalue weighted by atomic mass is 35.5. The zero-order valence-electron chi connectivity index (χ0n) is 18.1. The first-order valence-electron chi connectivity index (χ1n) is 9.90. The number of nitriles is 1. The van der Waals surface area contributed by atoms with Gasteiger partial charge in [0, 0.05) is 29.2 Å². The number of nitrogens with zero attached hydrogens (tertiary/aromatic N) is 5. The summed E-state index contributed by atoms with van der Waals surface area (Å²) in [6.45, 7) is 2.00. The number of pyridine rings is 2. The fourth-order valence-electron chi connectivity index (χ4n) is 3.13. The molecule has 34 heavy (non-hydrogen) atoms. The molecule has 1 aromatic carbocycles. The minimum absolute atomic E-state index is 0.181. The van der Waals surface area contributed by atoms with Crippen molar-refractivity contribution in [2.75, 3.05) is 12.4 Å². The molecule has 0 spiro atoms. The van der Waals surface area contributed by atoms with Crippen LogP contribution >= 0.6 is 22.9 Å². The maximum atomic E-state index is 13.1. The largest absolute Gasteiger partial charge is 0.495 e. The van der Waals surface area contributed by atoms with Crippen LogP contribution in [0.4, 0.5) is 5.13 Å². The van der Waals surface area contributed by atoms with Gasteiger partial charge in [-0.1, -0.05) is 28.8 Å². The van der Waals surface area contributed by atoms with E-state index in [-0.39, 0.29) is 16.9 Å². The molecule has 3 aromatic heterocycles. The molecule has 170 valence electrons. The van der Waals surface area contributed by atoms with Crippen LogP contribution in [0.15, 0.2) is 48.8 Å². The number of aromatic nitrogens is 4. The SMILES string of the molecule is COc1c(C#N)cccc1-c1cc(C)ncc1C(=O)Nc1nnc(OCc2ccc(Cl)cn2)s1. The molecule has 0 saturated carbocycles. The Labute approximate surface area is 204 Å². The molecule has 4 rings (SSSR count). The van der Waals surface area contributed by atoms with Gasteiger partial charge in [0.1, 0.15) is 18.4 Å². The number of aryl methyl sites for hydroxylation is 1. The number of halogens is 1. The predicted octanol–water partition coefficient (Wildman–Crippen LogP) is 4.67. The van der Waals surface area contributed by atoms with E-state index in [4.69, 9.17) is 21.1 Å². The number of benzene rings is 1. The van der Waals surface area contributed by atoms with Crippen LogP contribution in [-0.4, -0.2) is 33.2 Å². The van der Waals surface area contributed by atoms with E-state index in [1.54, 1.807) is 36.4 Å². The van der Waals surface area contributed by atoms with Crippen LogP contribution in [0.1, 0.15) is 27.3 Å².